The van der Waals surface area contributed by atoms with Crippen molar-refractivity contribution in [3.63, 3.8) is 0 Å². The van der Waals surface area contributed by atoms with Gasteiger partial charge in [0, 0.05) is 44.1 Å². The minimum atomic E-state index is 0.392. The first-order valence-corrected chi connectivity index (χ1v) is 19.7. The molecule has 0 aliphatic heterocycles. The predicted molar refractivity (Wildman–Crippen MR) is 247 cm³/mol. The fourth-order valence-electron chi connectivity index (χ4n) is 8.92. The van der Waals surface area contributed by atoms with E-state index in [4.69, 9.17) is 19.7 Å². The zero-order valence-electron chi connectivity index (χ0n) is 33.4. The molecule has 0 fully saturated rings. The third-order valence-electron chi connectivity index (χ3n) is 11.6. The first-order valence-electron chi connectivity index (χ1n) is 19.7. The van der Waals surface area contributed by atoms with Gasteiger partial charge in [-0.05, 0) is 114 Å². The van der Waals surface area contributed by atoms with Gasteiger partial charge in [0.25, 0.3) is 0 Å². The highest BCUT2D eigenvalue weighted by Crippen LogP contribution is 2.45. The number of fused-ring (bicyclic) bond motifs is 6. The summed E-state index contributed by atoms with van der Waals surface area (Å²) in [6.07, 6.45) is 0. The molecule has 286 valence electrons. The lowest BCUT2D eigenvalue weighted by Gasteiger charge is -2.20. The van der Waals surface area contributed by atoms with Crippen LogP contribution in [0.3, 0.4) is 0 Å². The fraction of sp³-hybridized carbons (Fsp3) is 0.0370. The lowest BCUT2D eigenvalue weighted by molar-refractivity contribution is 1.10. The van der Waals surface area contributed by atoms with E-state index >= 15 is 0 Å². The summed E-state index contributed by atoms with van der Waals surface area (Å²) in [6.45, 7) is 28.1. The number of hydrogen-bond donors (Lipinski definition) is 0. The van der Waals surface area contributed by atoms with Crippen LogP contribution in [0.2, 0.25) is 0 Å². The number of pyridine rings is 1. The van der Waals surface area contributed by atoms with Crippen molar-refractivity contribution >= 4 is 60.7 Å². The van der Waals surface area contributed by atoms with Crippen LogP contribution in [0, 0.1) is 56.2 Å². The Kier molecular flexibility index (Phi) is 8.68. The van der Waals surface area contributed by atoms with Crippen LogP contribution in [-0.4, -0.2) is 14.1 Å². The molecular weight excluding hydrogens is 761 g/mol. The molecule has 0 radical (unpaired) electrons. The molecule has 0 unspecified atom stereocenters. The van der Waals surface area contributed by atoms with Crippen LogP contribution in [0.5, 0.6) is 0 Å². The molecule has 3 heterocycles. The number of rotatable bonds is 5. The van der Waals surface area contributed by atoms with Gasteiger partial charge in [-0.2, -0.15) is 10.5 Å². The molecule has 0 aliphatic rings. The van der Waals surface area contributed by atoms with Crippen molar-refractivity contribution in [3.8, 4) is 56.9 Å². The molecule has 7 aromatic carbocycles. The van der Waals surface area contributed by atoms with Gasteiger partial charge >= 0.3 is 0 Å². The highest BCUT2D eigenvalue weighted by atomic mass is 15.1. The number of aromatic nitrogens is 3. The van der Waals surface area contributed by atoms with Crippen LogP contribution < -0.4 is 0 Å². The van der Waals surface area contributed by atoms with Crippen LogP contribution in [-0.2, 0) is 0 Å². The first kappa shape index (κ1) is 37.0. The van der Waals surface area contributed by atoms with Crippen molar-refractivity contribution in [2.75, 3.05) is 0 Å². The maximum absolute atomic E-state index is 10.2. The largest absolute Gasteiger partial charge is 0.308 e. The fourth-order valence-corrected chi connectivity index (χ4v) is 8.92. The molecule has 0 spiro atoms. The van der Waals surface area contributed by atoms with E-state index in [0.717, 1.165) is 99.8 Å². The van der Waals surface area contributed by atoms with Crippen LogP contribution in [0.15, 0.2) is 146 Å². The number of nitrogens with zero attached hydrogens (tertiary/aromatic N) is 8. The second kappa shape index (κ2) is 14.5. The van der Waals surface area contributed by atoms with E-state index < -0.39 is 0 Å². The monoisotopic (exact) mass is 790 g/mol. The second-order valence-corrected chi connectivity index (χ2v) is 15.2. The van der Waals surface area contributed by atoms with Crippen LogP contribution in [0.25, 0.3) is 103 Å². The van der Waals surface area contributed by atoms with Crippen molar-refractivity contribution in [2.45, 2.75) is 13.8 Å². The quantitative estimate of drug-likeness (QED) is 0.163. The Balaban J connectivity index is 1.35. The van der Waals surface area contributed by atoms with Gasteiger partial charge < -0.3 is 9.13 Å². The van der Waals surface area contributed by atoms with Crippen molar-refractivity contribution in [2.24, 2.45) is 0 Å². The summed E-state index contributed by atoms with van der Waals surface area (Å²) >= 11 is 0. The van der Waals surface area contributed by atoms with Crippen molar-refractivity contribution in [1.82, 2.24) is 14.1 Å². The first-order chi connectivity index (χ1) is 30.3. The Morgan fingerprint density at radius 3 is 1.60 bits per heavy atom. The minimum absolute atomic E-state index is 0.392. The van der Waals surface area contributed by atoms with Gasteiger partial charge in [-0.3, -0.25) is 4.98 Å². The Labute approximate surface area is 357 Å². The van der Waals surface area contributed by atoms with Gasteiger partial charge in [-0.1, -0.05) is 78.9 Å². The Bertz CT molecular complexity index is 3770. The molecule has 10 aromatic rings. The summed E-state index contributed by atoms with van der Waals surface area (Å²) < 4.78 is 4.47. The molecule has 0 amide bonds. The lowest BCUT2D eigenvalue weighted by atomic mass is 9.98. The highest BCUT2D eigenvalue weighted by molar-refractivity contribution is 6.13. The van der Waals surface area contributed by atoms with Crippen molar-refractivity contribution in [1.29, 1.82) is 10.5 Å². The second-order valence-electron chi connectivity index (χ2n) is 15.2. The molecule has 62 heavy (non-hydrogen) atoms. The molecule has 10 rings (SSSR count). The van der Waals surface area contributed by atoms with Gasteiger partial charge in [0.1, 0.15) is 0 Å². The van der Waals surface area contributed by atoms with E-state index in [1.54, 1.807) is 24.3 Å². The highest BCUT2D eigenvalue weighted by Gasteiger charge is 2.24. The van der Waals surface area contributed by atoms with Gasteiger partial charge in [0.2, 0.25) is 0 Å². The predicted octanol–water partition coefficient (Wildman–Crippen LogP) is 14.3. The summed E-state index contributed by atoms with van der Waals surface area (Å²) in [7, 11) is 0. The van der Waals surface area contributed by atoms with Gasteiger partial charge in [-0.15, -0.1) is 0 Å². The van der Waals surface area contributed by atoms with E-state index in [2.05, 4.69) is 95.4 Å². The van der Waals surface area contributed by atoms with E-state index in [9.17, 15) is 10.5 Å². The summed E-state index contributed by atoms with van der Waals surface area (Å²) in [4.78, 5) is 16.2. The number of nitriles is 2. The standard InChI is InChI=1S/C54H30N8/c1-32-22-37(23-33(2)60-32)46-28-53(61-49-12-8-6-10-42(49)45-20-16-36(27-52(45)61)41-18-14-34(30-55)24-47(41)58-4)54(29-48(46)59-5)62-50-13-9-7-11-43(50)44-19-15-35(26-51(44)62)40-21-17-39(57-3)25-38(40)31-56/h6-29H,1-2H3. The van der Waals surface area contributed by atoms with Crippen LogP contribution >= 0.6 is 0 Å². The smallest absolute Gasteiger partial charge is 0.197 e. The van der Waals surface area contributed by atoms with E-state index in [1.807, 2.05) is 80.6 Å². The van der Waals surface area contributed by atoms with E-state index in [0.29, 0.717) is 28.2 Å². The molecule has 0 bridgehead atoms. The SMILES string of the molecule is [C-]#[N+]c1ccc(-c2ccc3c4ccccc4n(-c4cc([N+]#[C-])c(-c5cc(C)nc(C)c5)cc4-n4c5ccccc5c5ccc(-c6ccc(C#N)cc6[N+]#[C-])cc54)c3c2)c(C#N)c1. The zero-order valence-corrected chi connectivity index (χ0v) is 33.4. The third-order valence-corrected chi connectivity index (χ3v) is 11.6. The Morgan fingerprint density at radius 1 is 0.468 bits per heavy atom. The number of para-hydroxylation sites is 2. The maximum Gasteiger partial charge on any atom is 0.197 e. The van der Waals surface area contributed by atoms with Crippen LogP contribution in [0.1, 0.15) is 22.5 Å². The van der Waals surface area contributed by atoms with Gasteiger partial charge in [0.15, 0.2) is 17.1 Å². The summed E-state index contributed by atoms with van der Waals surface area (Å²) in [6, 6.07) is 51.9. The molecule has 8 nitrogen and oxygen atoms in total. The number of benzene rings is 7. The van der Waals surface area contributed by atoms with Crippen molar-refractivity contribution in [3.05, 3.63) is 202 Å². The molecular formula is C54H30N8. The van der Waals surface area contributed by atoms with Crippen LogP contribution in [0.4, 0.5) is 17.1 Å². The summed E-state index contributed by atoms with van der Waals surface area (Å²) in [5.74, 6) is 0. The zero-order chi connectivity index (χ0) is 42.6. The molecule has 0 N–H and O–H groups in total. The molecule has 3 aromatic heterocycles. The maximum atomic E-state index is 10.2. The molecule has 0 aliphatic carbocycles. The normalized spacial score (nSPS) is 11.0. The molecule has 8 heteroatoms. The summed E-state index contributed by atoms with van der Waals surface area (Å²) in [5, 5.41) is 23.9. The Hall–Kier alpha value is -9.26. The minimum Gasteiger partial charge on any atom is -0.308 e. The lowest BCUT2D eigenvalue weighted by Crippen LogP contribution is -2.04. The van der Waals surface area contributed by atoms with E-state index in [-0.39, 0.29) is 0 Å². The van der Waals surface area contributed by atoms with Crippen molar-refractivity contribution < 1.29 is 0 Å². The third kappa shape index (κ3) is 5.83. The molecule has 0 saturated carbocycles. The van der Waals surface area contributed by atoms with Gasteiger partial charge in [0.05, 0.1) is 65.3 Å². The Morgan fingerprint density at radius 2 is 1.02 bits per heavy atom. The topological polar surface area (TPSA) is 83.4 Å². The number of hydrogen-bond acceptors (Lipinski definition) is 3. The van der Waals surface area contributed by atoms with E-state index in [1.165, 1.54) is 0 Å². The van der Waals surface area contributed by atoms with Gasteiger partial charge in [-0.25, -0.2) is 14.5 Å². The molecule has 0 atom stereocenters. The molecule has 0 saturated heterocycles. The number of aryl methyl sites for hydroxylation is 2. The average Bonchev–Trinajstić information content (AvgIpc) is 3.82. The average molecular weight is 791 g/mol. The summed E-state index contributed by atoms with van der Waals surface area (Å²) in [5.41, 5.74) is 13.8.